The molecule has 0 aliphatic carbocycles. The van der Waals surface area contributed by atoms with Crippen LogP contribution in [0.5, 0.6) is 0 Å². The van der Waals surface area contributed by atoms with E-state index in [1.165, 1.54) is 38.5 Å². The van der Waals surface area contributed by atoms with Gasteiger partial charge in [0.2, 0.25) is 0 Å². The summed E-state index contributed by atoms with van der Waals surface area (Å²) in [6, 6.07) is 0. The van der Waals surface area contributed by atoms with Gasteiger partial charge in [-0.3, -0.25) is 4.79 Å². The van der Waals surface area contributed by atoms with Crippen LogP contribution in [-0.2, 0) is 4.79 Å². The molecule has 0 unspecified atom stereocenters. The molecule has 2 aliphatic heterocycles. The van der Waals surface area contributed by atoms with Crippen molar-refractivity contribution < 1.29 is 4.79 Å². The summed E-state index contributed by atoms with van der Waals surface area (Å²) in [7, 11) is 2.48. The first kappa shape index (κ1) is 12.2. The number of ketones is 1. The van der Waals surface area contributed by atoms with Crippen molar-refractivity contribution in [3.63, 3.8) is 0 Å². The number of carbonyl (C=O) groups is 1. The van der Waals surface area contributed by atoms with Crippen LogP contribution in [0.3, 0.4) is 0 Å². The molecule has 0 aromatic heterocycles. The highest BCUT2D eigenvalue weighted by Crippen LogP contribution is 2.55. The van der Waals surface area contributed by atoms with E-state index in [9.17, 15) is 4.79 Å². The summed E-state index contributed by atoms with van der Waals surface area (Å²) in [5, 5.41) is 0.300. The molecular formula is C14H24BO. The zero-order chi connectivity index (χ0) is 11.6. The Morgan fingerprint density at radius 2 is 1.56 bits per heavy atom. The minimum atomic E-state index is -0.0451. The Bertz CT molecular complexity index is 260. The van der Waals surface area contributed by atoms with Gasteiger partial charge in [-0.05, 0) is 12.8 Å². The Kier molecular flexibility index (Phi) is 3.46. The number of carbonyl (C=O) groups excluding carboxylic acids is 1. The average molecular weight is 219 g/mol. The maximum Gasteiger partial charge on any atom is 0.135 e. The summed E-state index contributed by atoms with van der Waals surface area (Å²) < 4.78 is 0. The first-order valence-corrected chi connectivity index (χ1v) is 7.01. The second kappa shape index (κ2) is 4.54. The van der Waals surface area contributed by atoms with Gasteiger partial charge in [-0.1, -0.05) is 57.7 Å². The van der Waals surface area contributed by atoms with E-state index < -0.39 is 0 Å². The molecule has 2 fully saturated rings. The van der Waals surface area contributed by atoms with Crippen LogP contribution in [-0.4, -0.2) is 13.1 Å². The second-order valence-corrected chi connectivity index (χ2v) is 6.15. The molecule has 2 rings (SSSR count). The molecule has 0 atom stereocenters. The Morgan fingerprint density at radius 3 is 2.06 bits per heavy atom. The number of hydrogen-bond acceptors (Lipinski definition) is 1. The summed E-state index contributed by atoms with van der Waals surface area (Å²) in [6.07, 6.45) is 10.7. The molecule has 0 aromatic rings. The van der Waals surface area contributed by atoms with Gasteiger partial charge in [0.1, 0.15) is 13.1 Å². The standard InChI is InChI=1S/C14H24BO/c1-3-12(16)14-10-6-4-8-13(2,15-14)9-5-7-11-14/h3-11H2,1-2H3. The van der Waals surface area contributed by atoms with Gasteiger partial charge >= 0.3 is 0 Å². The third-order valence-electron chi connectivity index (χ3n) is 4.74. The third-order valence-corrected chi connectivity index (χ3v) is 4.74. The molecule has 16 heavy (non-hydrogen) atoms. The van der Waals surface area contributed by atoms with E-state index in [0.29, 0.717) is 17.5 Å². The van der Waals surface area contributed by atoms with Crippen molar-refractivity contribution in [2.24, 2.45) is 0 Å². The highest BCUT2D eigenvalue weighted by atomic mass is 16.1. The highest BCUT2D eigenvalue weighted by molar-refractivity contribution is 6.51. The van der Waals surface area contributed by atoms with Crippen molar-refractivity contribution in [2.75, 3.05) is 0 Å². The largest absolute Gasteiger partial charge is 0.300 e. The SMILES string of the molecule is CCC(=O)C12[B]C(C)(CCCC1)CCCC2. The normalized spacial score (nSPS) is 39.4. The van der Waals surface area contributed by atoms with Crippen molar-refractivity contribution in [3.05, 3.63) is 0 Å². The lowest BCUT2D eigenvalue weighted by Crippen LogP contribution is -2.33. The summed E-state index contributed by atoms with van der Waals surface area (Å²) >= 11 is 0. The molecule has 0 spiro atoms. The van der Waals surface area contributed by atoms with Crippen molar-refractivity contribution in [1.29, 1.82) is 0 Å². The lowest BCUT2D eigenvalue weighted by Gasteiger charge is -2.35. The molecule has 2 aliphatic rings. The maximum absolute atomic E-state index is 12.3. The molecule has 0 saturated carbocycles. The van der Waals surface area contributed by atoms with Gasteiger partial charge in [-0.2, -0.15) is 0 Å². The molecule has 2 saturated heterocycles. The maximum atomic E-state index is 12.3. The number of rotatable bonds is 2. The summed E-state index contributed by atoms with van der Waals surface area (Å²) in [5.74, 6) is 0.502. The van der Waals surface area contributed by atoms with Crippen LogP contribution < -0.4 is 0 Å². The van der Waals surface area contributed by atoms with Crippen LogP contribution in [0.15, 0.2) is 0 Å². The number of hydrogen-bond donors (Lipinski definition) is 0. The zero-order valence-corrected chi connectivity index (χ0v) is 10.8. The molecule has 1 nitrogen and oxygen atoms in total. The lowest BCUT2D eigenvalue weighted by atomic mass is 9.36. The van der Waals surface area contributed by atoms with Gasteiger partial charge in [0.05, 0.1) is 0 Å². The molecule has 2 bridgehead atoms. The van der Waals surface area contributed by atoms with E-state index in [1.54, 1.807) is 0 Å². The summed E-state index contributed by atoms with van der Waals surface area (Å²) in [6.45, 7) is 4.40. The molecule has 0 amide bonds. The Balaban J connectivity index is 2.28. The highest BCUT2D eigenvalue weighted by Gasteiger charge is 2.46. The minimum Gasteiger partial charge on any atom is -0.300 e. The van der Waals surface area contributed by atoms with Gasteiger partial charge in [0.15, 0.2) is 0 Å². The Morgan fingerprint density at radius 1 is 1.06 bits per heavy atom. The van der Waals surface area contributed by atoms with Crippen LogP contribution in [0, 0.1) is 0 Å². The fourth-order valence-corrected chi connectivity index (χ4v) is 3.86. The zero-order valence-electron chi connectivity index (χ0n) is 10.8. The topological polar surface area (TPSA) is 17.1 Å². The predicted molar refractivity (Wildman–Crippen MR) is 69.0 cm³/mol. The Hall–Kier alpha value is -0.265. The van der Waals surface area contributed by atoms with Gasteiger partial charge in [0.25, 0.3) is 0 Å². The Labute approximate surface area is 101 Å². The smallest absolute Gasteiger partial charge is 0.135 e. The van der Waals surface area contributed by atoms with Gasteiger partial charge in [0, 0.05) is 11.7 Å². The fraction of sp³-hybridized carbons (Fsp3) is 0.929. The van der Waals surface area contributed by atoms with Crippen LogP contribution in [0.25, 0.3) is 0 Å². The van der Waals surface area contributed by atoms with E-state index in [-0.39, 0.29) is 5.31 Å². The van der Waals surface area contributed by atoms with Crippen molar-refractivity contribution in [3.8, 4) is 0 Å². The molecular weight excluding hydrogens is 195 g/mol. The molecule has 1 radical (unpaired) electrons. The quantitative estimate of drug-likeness (QED) is 0.637. The number of fused-ring (bicyclic) bond motifs is 2. The predicted octanol–water partition coefficient (Wildman–Crippen LogP) is 4.16. The van der Waals surface area contributed by atoms with E-state index in [0.717, 1.165) is 12.8 Å². The van der Waals surface area contributed by atoms with Gasteiger partial charge in [-0.25, -0.2) is 0 Å². The van der Waals surface area contributed by atoms with Crippen LogP contribution in [0.1, 0.15) is 71.6 Å². The lowest BCUT2D eigenvalue weighted by molar-refractivity contribution is -0.122. The van der Waals surface area contributed by atoms with Gasteiger partial charge in [-0.15, -0.1) is 0 Å². The molecule has 2 heterocycles. The monoisotopic (exact) mass is 219 g/mol. The van der Waals surface area contributed by atoms with Crippen LogP contribution in [0.4, 0.5) is 0 Å². The van der Waals surface area contributed by atoms with Crippen LogP contribution in [0.2, 0.25) is 10.6 Å². The average Bonchev–Trinajstić information content (AvgIpc) is 2.55. The van der Waals surface area contributed by atoms with E-state index >= 15 is 0 Å². The van der Waals surface area contributed by atoms with E-state index in [2.05, 4.69) is 14.2 Å². The van der Waals surface area contributed by atoms with E-state index in [1.807, 2.05) is 6.92 Å². The molecule has 0 N–H and O–H groups in total. The number of Topliss-reactive ketones (excluding diaryl/α,β-unsaturated/α-hetero) is 1. The fourth-order valence-electron chi connectivity index (χ4n) is 3.86. The first-order chi connectivity index (χ1) is 7.60. The van der Waals surface area contributed by atoms with Gasteiger partial charge < -0.3 is 0 Å². The van der Waals surface area contributed by atoms with Crippen molar-refractivity contribution >= 4 is 13.1 Å². The van der Waals surface area contributed by atoms with E-state index in [4.69, 9.17) is 0 Å². The second-order valence-electron chi connectivity index (χ2n) is 6.15. The minimum absolute atomic E-state index is 0.0451. The third kappa shape index (κ3) is 2.21. The van der Waals surface area contributed by atoms with Crippen molar-refractivity contribution in [1.82, 2.24) is 0 Å². The first-order valence-electron chi connectivity index (χ1n) is 7.01. The summed E-state index contributed by atoms with van der Waals surface area (Å²) in [5.41, 5.74) is 0. The van der Waals surface area contributed by atoms with Crippen LogP contribution >= 0.6 is 0 Å². The molecule has 0 aromatic carbocycles. The molecule has 89 valence electrons. The molecule has 2 heteroatoms. The van der Waals surface area contributed by atoms with Crippen molar-refractivity contribution in [2.45, 2.75) is 82.3 Å². The summed E-state index contributed by atoms with van der Waals surface area (Å²) in [4.78, 5) is 12.3.